The molecule has 1 rings (SSSR count). The summed E-state index contributed by atoms with van der Waals surface area (Å²) in [5.41, 5.74) is 1.37. The number of aliphatic hydroxyl groups excluding tert-OH is 1. The molecule has 0 saturated carbocycles. The fourth-order valence-corrected chi connectivity index (χ4v) is 1.76. The summed E-state index contributed by atoms with van der Waals surface area (Å²) in [6, 6.07) is 0. The molecule has 0 aromatic heterocycles. The molecule has 1 aliphatic rings. The third kappa shape index (κ3) is 3.41. The molecule has 0 aliphatic heterocycles. The summed E-state index contributed by atoms with van der Waals surface area (Å²) in [6.07, 6.45) is 12.4. The molecule has 1 unspecified atom stereocenters. The third-order valence-corrected chi connectivity index (χ3v) is 2.64. The van der Waals surface area contributed by atoms with Gasteiger partial charge < -0.3 is 5.11 Å². The largest absolute Gasteiger partial charge is 0.508 e. The van der Waals surface area contributed by atoms with Crippen LogP contribution >= 0.6 is 0 Å². The van der Waals surface area contributed by atoms with Crippen LogP contribution in [0.4, 0.5) is 0 Å². The zero-order valence-corrected chi connectivity index (χ0v) is 9.16. The maximum atomic E-state index is 9.39. The van der Waals surface area contributed by atoms with Gasteiger partial charge in [0, 0.05) is 0 Å². The zero-order valence-electron chi connectivity index (χ0n) is 9.16. The highest BCUT2D eigenvalue weighted by atomic mass is 16.3. The lowest BCUT2D eigenvalue weighted by Crippen LogP contribution is -1.98. The van der Waals surface area contributed by atoms with Gasteiger partial charge in [-0.1, -0.05) is 32.4 Å². The molecule has 0 spiro atoms. The minimum absolute atomic E-state index is 0.402. The Kier molecular flexibility index (Phi) is 4.51. The van der Waals surface area contributed by atoms with E-state index in [9.17, 15) is 5.11 Å². The lowest BCUT2D eigenvalue weighted by Gasteiger charge is -2.12. The van der Waals surface area contributed by atoms with Gasteiger partial charge >= 0.3 is 0 Å². The number of hydrogen-bond donors (Lipinski definition) is 1. The Balaban J connectivity index is 2.68. The Labute approximate surface area is 86.8 Å². The van der Waals surface area contributed by atoms with Gasteiger partial charge in [-0.15, -0.1) is 0 Å². The van der Waals surface area contributed by atoms with Crippen LogP contribution in [-0.4, -0.2) is 5.11 Å². The van der Waals surface area contributed by atoms with Gasteiger partial charge in [0.15, 0.2) is 0 Å². The van der Waals surface area contributed by atoms with Crippen molar-refractivity contribution in [3.63, 3.8) is 0 Å². The SMILES string of the molecule is CCCC(C)C1=C/CCC=C(O)/C=C\1. The molecule has 1 heteroatoms. The van der Waals surface area contributed by atoms with E-state index in [2.05, 4.69) is 19.9 Å². The molecular formula is C13H20O. The summed E-state index contributed by atoms with van der Waals surface area (Å²) < 4.78 is 0. The fraction of sp³-hybridized carbons (Fsp3) is 0.538. The molecule has 0 saturated heterocycles. The van der Waals surface area contributed by atoms with E-state index in [1.54, 1.807) is 6.08 Å². The number of rotatable bonds is 3. The van der Waals surface area contributed by atoms with Crippen LogP contribution in [0.5, 0.6) is 0 Å². The van der Waals surface area contributed by atoms with Crippen molar-refractivity contribution in [2.45, 2.75) is 39.5 Å². The average molecular weight is 192 g/mol. The van der Waals surface area contributed by atoms with Gasteiger partial charge in [0.1, 0.15) is 5.76 Å². The standard InChI is InChI=1S/C13H20O/c1-3-6-11(2)12-7-4-5-8-13(14)10-9-12/h7-11,14H,3-6H2,1-2H3/b10-9-,12-7+,13-8?. The van der Waals surface area contributed by atoms with Crippen LogP contribution < -0.4 is 0 Å². The van der Waals surface area contributed by atoms with E-state index in [4.69, 9.17) is 0 Å². The van der Waals surface area contributed by atoms with Gasteiger partial charge in [-0.3, -0.25) is 0 Å². The molecule has 1 aliphatic carbocycles. The second-order valence-electron chi connectivity index (χ2n) is 3.93. The van der Waals surface area contributed by atoms with Crippen molar-refractivity contribution in [2.24, 2.45) is 5.92 Å². The maximum Gasteiger partial charge on any atom is 0.111 e. The summed E-state index contributed by atoms with van der Waals surface area (Å²) in [4.78, 5) is 0. The lowest BCUT2D eigenvalue weighted by molar-refractivity contribution is 0.429. The predicted molar refractivity (Wildman–Crippen MR) is 61.2 cm³/mol. The quantitative estimate of drug-likeness (QED) is 0.712. The highest BCUT2D eigenvalue weighted by molar-refractivity contribution is 5.28. The van der Waals surface area contributed by atoms with Crippen molar-refractivity contribution in [1.82, 2.24) is 0 Å². The first-order valence-electron chi connectivity index (χ1n) is 5.51. The summed E-state index contributed by atoms with van der Waals surface area (Å²) in [5, 5.41) is 9.39. The van der Waals surface area contributed by atoms with E-state index in [1.165, 1.54) is 18.4 Å². The van der Waals surface area contributed by atoms with E-state index in [-0.39, 0.29) is 0 Å². The van der Waals surface area contributed by atoms with Crippen LogP contribution in [-0.2, 0) is 0 Å². The first-order chi connectivity index (χ1) is 6.74. The highest BCUT2D eigenvalue weighted by Gasteiger charge is 2.05. The van der Waals surface area contributed by atoms with Gasteiger partial charge in [0.2, 0.25) is 0 Å². The van der Waals surface area contributed by atoms with E-state index < -0.39 is 0 Å². The van der Waals surface area contributed by atoms with Gasteiger partial charge in [0.25, 0.3) is 0 Å². The van der Waals surface area contributed by atoms with E-state index in [1.807, 2.05) is 12.2 Å². The van der Waals surface area contributed by atoms with Crippen molar-refractivity contribution < 1.29 is 5.11 Å². The Morgan fingerprint density at radius 1 is 1.29 bits per heavy atom. The second kappa shape index (κ2) is 5.69. The molecule has 0 aromatic rings. The molecule has 1 nitrogen and oxygen atoms in total. The van der Waals surface area contributed by atoms with Gasteiger partial charge in [-0.25, -0.2) is 0 Å². The van der Waals surface area contributed by atoms with Crippen LogP contribution in [0.3, 0.4) is 0 Å². The molecule has 0 heterocycles. The highest BCUT2D eigenvalue weighted by Crippen LogP contribution is 2.20. The van der Waals surface area contributed by atoms with Crippen molar-refractivity contribution in [3.05, 3.63) is 35.6 Å². The van der Waals surface area contributed by atoms with Crippen LogP contribution in [0.1, 0.15) is 39.5 Å². The predicted octanol–water partition coefficient (Wildman–Crippen LogP) is 4.14. The van der Waals surface area contributed by atoms with Crippen LogP contribution in [0.2, 0.25) is 0 Å². The van der Waals surface area contributed by atoms with Crippen LogP contribution in [0, 0.1) is 5.92 Å². The Morgan fingerprint density at radius 3 is 2.71 bits per heavy atom. The van der Waals surface area contributed by atoms with Crippen molar-refractivity contribution in [3.8, 4) is 0 Å². The van der Waals surface area contributed by atoms with Gasteiger partial charge in [-0.2, -0.15) is 0 Å². The molecule has 78 valence electrons. The van der Waals surface area contributed by atoms with Gasteiger partial charge in [0.05, 0.1) is 0 Å². The summed E-state index contributed by atoms with van der Waals surface area (Å²) in [5.74, 6) is 1.02. The summed E-state index contributed by atoms with van der Waals surface area (Å²) in [6.45, 7) is 4.46. The van der Waals surface area contributed by atoms with Crippen LogP contribution in [0.15, 0.2) is 35.6 Å². The Hall–Kier alpha value is -0.980. The van der Waals surface area contributed by atoms with E-state index >= 15 is 0 Å². The third-order valence-electron chi connectivity index (χ3n) is 2.64. The number of hydrogen-bond acceptors (Lipinski definition) is 1. The molecule has 14 heavy (non-hydrogen) atoms. The second-order valence-corrected chi connectivity index (χ2v) is 3.93. The molecule has 1 N–H and O–H groups in total. The van der Waals surface area contributed by atoms with Crippen LogP contribution in [0.25, 0.3) is 0 Å². The normalized spacial score (nSPS) is 25.3. The number of aliphatic hydroxyl groups is 1. The topological polar surface area (TPSA) is 20.2 Å². The van der Waals surface area contributed by atoms with Gasteiger partial charge in [-0.05, 0) is 42.9 Å². The minimum Gasteiger partial charge on any atom is -0.508 e. The molecule has 0 aromatic carbocycles. The van der Waals surface area contributed by atoms with Crippen molar-refractivity contribution in [2.75, 3.05) is 0 Å². The summed E-state index contributed by atoms with van der Waals surface area (Å²) in [7, 11) is 0. The fourth-order valence-electron chi connectivity index (χ4n) is 1.76. The average Bonchev–Trinajstić information content (AvgIpc) is 2.12. The molecule has 0 bridgehead atoms. The van der Waals surface area contributed by atoms with Crippen molar-refractivity contribution in [1.29, 1.82) is 0 Å². The minimum atomic E-state index is 0.402. The first kappa shape index (κ1) is 11.1. The lowest BCUT2D eigenvalue weighted by atomic mass is 9.94. The van der Waals surface area contributed by atoms with E-state index in [0.29, 0.717) is 11.7 Å². The molecular weight excluding hydrogens is 172 g/mol. The Morgan fingerprint density at radius 2 is 2.00 bits per heavy atom. The molecule has 0 radical (unpaired) electrons. The first-order valence-corrected chi connectivity index (χ1v) is 5.51. The molecule has 0 fully saturated rings. The van der Waals surface area contributed by atoms with E-state index in [0.717, 1.165) is 12.8 Å². The molecule has 0 amide bonds. The van der Waals surface area contributed by atoms with Crippen molar-refractivity contribution >= 4 is 0 Å². The summed E-state index contributed by atoms with van der Waals surface area (Å²) >= 11 is 0. The monoisotopic (exact) mass is 192 g/mol. The Bertz CT molecular complexity index is 258. The zero-order chi connectivity index (χ0) is 10.4. The maximum absolute atomic E-state index is 9.39. The number of allylic oxidation sites excluding steroid dienone is 5. The molecule has 1 atom stereocenters. The smallest absolute Gasteiger partial charge is 0.111 e.